The number of aliphatic carboxylic acids is 1. The first-order valence-electron chi connectivity index (χ1n) is 16.8. The number of rotatable bonds is 4. The van der Waals surface area contributed by atoms with Gasteiger partial charge in [0, 0.05) is 23.8 Å². The molecule has 0 aliphatic heterocycles. The van der Waals surface area contributed by atoms with E-state index in [1.54, 1.807) is 13.0 Å². The van der Waals surface area contributed by atoms with Crippen molar-refractivity contribution < 1.29 is 29.0 Å². The van der Waals surface area contributed by atoms with Crippen molar-refractivity contribution in [2.75, 3.05) is 0 Å². The highest BCUT2D eigenvalue weighted by molar-refractivity contribution is 5.88. The zero-order valence-electron chi connectivity index (χ0n) is 28.4. The third kappa shape index (κ3) is 4.49. The van der Waals surface area contributed by atoms with Gasteiger partial charge in [0.1, 0.15) is 17.6 Å². The molecule has 240 valence electrons. The molecule has 5 aliphatic carbocycles. The van der Waals surface area contributed by atoms with Crippen LogP contribution in [0.15, 0.2) is 23.3 Å². The van der Waals surface area contributed by atoms with E-state index in [0.717, 1.165) is 44.9 Å². The van der Waals surface area contributed by atoms with E-state index in [1.165, 1.54) is 12.5 Å². The van der Waals surface area contributed by atoms with Crippen molar-refractivity contribution in [3.05, 3.63) is 23.3 Å². The Labute approximate surface area is 259 Å². The van der Waals surface area contributed by atoms with E-state index in [0.29, 0.717) is 30.3 Å². The lowest BCUT2D eigenvalue weighted by Gasteiger charge is -2.71. The maximum atomic E-state index is 13.4. The van der Waals surface area contributed by atoms with Crippen LogP contribution in [0.5, 0.6) is 0 Å². The number of hydrogen-bond donors (Lipinski definition) is 1. The van der Waals surface area contributed by atoms with E-state index in [4.69, 9.17) is 9.47 Å². The highest BCUT2D eigenvalue weighted by atomic mass is 16.5. The molecule has 0 aromatic rings. The van der Waals surface area contributed by atoms with Crippen LogP contribution in [-0.4, -0.2) is 35.2 Å². The van der Waals surface area contributed by atoms with Gasteiger partial charge in [0.2, 0.25) is 0 Å². The average Bonchev–Trinajstić information content (AvgIpc) is 2.89. The standard InChI is InChI=1S/C37H56O6/c1-11-22(2)30(39)43-29-21-32(4,5)20-25-24-12-13-27-34(8)16-15-28(42-23(3)38)33(6,7)26(34)14-17-36(27,10)35(24,9)18-19-37(25,29)31(40)41/h11-12,25-29H,13-21H2,1-10H3,(H,40,41)/b22-11+/t25-,26-,27+,28-,29+,34-,35+,36+,37-/m0/s1. The van der Waals surface area contributed by atoms with Gasteiger partial charge in [0.15, 0.2) is 0 Å². The Hall–Kier alpha value is -2.11. The van der Waals surface area contributed by atoms with Gasteiger partial charge in [-0.15, -0.1) is 0 Å². The summed E-state index contributed by atoms with van der Waals surface area (Å²) < 4.78 is 12.0. The lowest BCUT2D eigenvalue weighted by atomic mass is 9.33. The number of fused-ring (bicyclic) bond motifs is 7. The van der Waals surface area contributed by atoms with Crippen LogP contribution in [0, 0.1) is 50.2 Å². The molecule has 4 saturated carbocycles. The number of carbonyl (C=O) groups is 3. The molecule has 4 fully saturated rings. The Morgan fingerprint density at radius 3 is 2.14 bits per heavy atom. The molecule has 1 N–H and O–H groups in total. The van der Waals surface area contributed by atoms with Gasteiger partial charge >= 0.3 is 17.9 Å². The molecule has 0 heterocycles. The Balaban J connectivity index is 1.57. The summed E-state index contributed by atoms with van der Waals surface area (Å²) in [6, 6.07) is 0. The number of carboxylic acids is 1. The van der Waals surface area contributed by atoms with Crippen molar-refractivity contribution in [3.63, 3.8) is 0 Å². The largest absolute Gasteiger partial charge is 0.481 e. The summed E-state index contributed by atoms with van der Waals surface area (Å²) in [5, 5.41) is 11.0. The molecule has 0 spiro atoms. The van der Waals surface area contributed by atoms with Gasteiger partial charge in [0.05, 0.1) is 0 Å². The third-order valence-corrected chi connectivity index (χ3v) is 14.3. The number of allylic oxidation sites excluding steroid dienone is 3. The highest BCUT2D eigenvalue weighted by Crippen LogP contribution is 2.76. The molecule has 9 atom stereocenters. The second-order valence-corrected chi connectivity index (χ2v) is 17.1. The normalized spacial score (nSPS) is 44.8. The summed E-state index contributed by atoms with van der Waals surface area (Å²) in [6.45, 7) is 21.5. The van der Waals surface area contributed by atoms with Gasteiger partial charge in [0.25, 0.3) is 0 Å². The molecule has 43 heavy (non-hydrogen) atoms. The Bertz CT molecular complexity index is 1260. The molecular formula is C37H56O6. The highest BCUT2D eigenvalue weighted by Gasteiger charge is 2.71. The number of ether oxygens (including phenoxy) is 2. The monoisotopic (exact) mass is 596 g/mol. The summed E-state index contributed by atoms with van der Waals surface area (Å²) in [5.74, 6) is -0.671. The summed E-state index contributed by atoms with van der Waals surface area (Å²) in [4.78, 5) is 38.5. The maximum absolute atomic E-state index is 13.4. The van der Waals surface area contributed by atoms with E-state index in [1.807, 2.05) is 6.92 Å². The molecule has 5 rings (SSSR count). The minimum atomic E-state index is -1.11. The number of carbonyl (C=O) groups excluding carboxylic acids is 2. The van der Waals surface area contributed by atoms with E-state index in [-0.39, 0.29) is 45.1 Å². The number of hydrogen-bond acceptors (Lipinski definition) is 5. The lowest BCUT2D eigenvalue weighted by molar-refractivity contribution is -0.219. The van der Waals surface area contributed by atoms with Crippen molar-refractivity contribution in [2.45, 2.75) is 139 Å². The SMILES string of the molecule is C/C=C(\C)C(=O)O[C@@H]1CC(C)(C)C[C@H]2C3=CC[C@@H]4[C@@]5(C)CC[C@H](OC(C)=O)C(C)(C)[C@@H]5CC[C@@]4(C)[C@]3(C)CC[C@@]12C(=O)O. The quantitative estimate of drug-likeness (QED) is 0.199. The molecular weight excluding hydrogens is 540 g/mol. The molecule has 0 unspecified atom stereocenters. The fraction of sp³-hybridized carbons (Fsp3) is 0.811. The van der Waals surface area contributed by atoms with Gasteiger partial charge in [-0.25, -0.2) is 4.79 Å². The Morgan fingerprint density at radius 1 is 0.860 bits per heavy atom. The summed E-state index contributed by atoms with van der Waals surface area (Å²) in [6.07, 6.45) is 11.1. The lowest BCUT2D eigenvalue weighted by Crippen LogP contribution is -2.67. The molecule has 0 aromatic carbocycles. The smallest absolute Gasteiger partial charge is 0.333 e. The van der Waals surface area contributed by atoms with Crippen molar-refractivity contribution in [1.82, 2.24) is 0 Å². The molecule has 6 nitrogen and oxygen atoms in total. The average molecular weight is 597 g/mol. The van der Waals surface area contributed by atoms with Crippen LogP contribution in [0.4, 0.5) is 0 Å². The topological polar surface area (TPSA) is 89.9 Å². The number of carboxylic acid groups (broad SMARTS) is 1. The molecule has 0 bridgehead atoms. The van der Waals surface area contributed by atoms with Crippen molar-refractivity contribution >= 4 is 17.9 Å². The van der Waals surface area contributed by atoms with Crippen LogP contribution >= 0.6 is 0 Å². The van der Waals surface area contributed by atoms with E-state index < -0.39 is 23.5 Å². The number of esters is 2. The van der Waals surface area contributed by atoms with E-state index in [9.17, 15) is 19.5 Å². The van der Waals surface area contributed by atoms with Gasteiger partial charge in [-0.3, -0.25) is 9.59 Å². The van der Waals surface area contributed by atoms with Crippen LogP contribution in [0.3, 0.4) is 0 Å². The van der Waals surface area contributed by atoms with E-state index in [2.05, 4.69) is 54.5 Å². The van der Waals surface area contributed by atoms with Crippen LogP contribution in [0.2, 0.25) is 0 Å². The zero-order chi connectivity index (χ0) is 32.0. The predicted molar refractivity (Wildman–Crippen MR) is 167 cm³/mol. The summed E-state index contributed by atoms with van der Waals surface area (Å²) in [5.41, 5.74) is 0.449. The zero-order valence-corrected chi connectivity index (χ0v) is 28.4. The van der Waals surface area contributed by atoms with Crippen LogP contribution in [0.1, 0.15) is 127 Å². The molecule has 0 radical (unpaired) electrons. The Kier molecular flexibility index (Phi) is 7.66. The second kappa shape index (κ2) is 10.2. The van der Waals surface area contributed by atoms with Gasteiger partial charge in [-0.05, 0) is 105 Å². The summed E-state index contributed by atoms with van der Waals surface area (Å²) >= 11 is 0. The molecule has 5 aliphatic rings. The van der Waals surface area contributed by atoms with Crippen molar-refractivity contribution in [2.24, 2.45) is 50.2 Å². The van der Waals surface area contributed by atoms with E-state index >= 15 is 0 Å². The minimum Gasteiger partial charge on any atom is -0.481 e. The van der Waals surface area contributed by atoms with Gasteiger partial charge in [-0.2, -0.15) is 0 Å². The molecule has 6 heteroatoms. The first-order valence-corrected chi connectivity index (χ1v) is 16.8. The predicted octanol–water partition coefficient (Wildman–Crippen LogP) is 8.29. The van der Waals surface area contributed by atoms with Crippen LogP contribution in [-0.2, 0) is 23.9 Å². The second-order valence-electron chi connectivity index (χ2n) is 17.1. The molecule has 0 aromatic heterocycles. The Morgan fingerprint density at radius 2 is 1.53 bits per heavy atom. The van der Waals surface area contributed by atoms with Crippen molar-refractivity contribution in [1.29, 1.82) is 0 Å². The molecule has 0 saturated heterocycles. The van der Waals surface area contributed by atoms with Crippen molar-refractivity contribution in [3.8, 4) is 0 Å². The molecule has 0 amide bonds. The van der Waals surface area contributed by atoms with Gasteiger partial charge < -0.3 is 14.6 Å². The minimum absolute atomic E-state index is 0.0205. The fourth-order valence-corrected chi connectivity index (χ4v) is 11.7. The maximum Gasteiger partial charge on any atom is 0.333 e. The van der Waals surface area contributed by atoms with Crippen LogP contribution < -0.4 is 0 Å². The van der Waals surface area contributed by atoms with Gasteiger partial charge in [-0.1, -0.05) is 66.2 Å². The summed E-state index contributed by atoms with van der Waals surface area (Å²) in [7, 11) is 0. The first kappa shape index (κ1) is 32.3. The fourth-order valence-electron chi connectivity index (χ4n) is 11.7. The first-order chi connectivity index (χ1) is 19.8. The third-order valence-electron chi connectivity index (χ3n) is 14.3. The van der Waals surface area contributed by atoms with Crippen LogP contribution in [0.25, 0.3) is 0 Å².